The van der Waals surface area contributed by atoms with E-state index in [2.05, 4.69) is 5.32 Å². The Labute approximate surface area is 130 Å². The average Bonchev–Trinajstić information content (AvgIpc) is 2.36. The summed E-state index contributed by atoms with van der Waals surface area (Å²) < 4.78 is 5.14. The van der Waals surface area contributed by atoms with Crippen molar-refractivity contribution in [1.82, 2.24) is 5.32 Å². The molecule has 1 amide bonds. The Balaban J connectivity index is 2.55. The molecule has 1 rings (SSSR count). The highest BCUT2D eigenvalue weighted by Crippen LogP contribution is 2.24. The van der Waals surface area contributed by atoms with Gasteiger partial charge < -0.3 is 15.0 Å². The van der Waals surface area contributed by atoms with Gasteiger partial charge in [0.15, 0.2) is 6.29 Å². The predicted molar refractivity (Wildman–Crippen MR) is 84.3 cm³/mol. The lowest BCUT2D eigenvalue weighted by Crippen LogP contribution is -2.37. The van der Waals surface area contributed by atoms with Crippen LogP contribution in [0.5, 0.6) is 0 Å². The van der Waals surface area contributed by atoms with E-state index in [0.29, 0.717) is 23.7 Å². The standard InChI is InChI=1S/C15H21ClN2O3/c1-15(2,3)21-14(20)17-8-9-18(4)13-7-5-6-12(16)11(13)10-19/h5-7,10H,8-9H2,1-4H3,(H,17,20). The van der Waals surface area contributed by atoms with Crippen LogP contribution in [0.25, 0.3) is 0 Å². The monoisotopic (exact) mass is 312 g/mol. The van der Waals surface area contributed by atoms with Gasteiger partial charge in [0.25, 0.3) is 0 Å². The number of rotatable bonds is 5. The molecule has 0 heterocycles. The molecule has 0 aliphatic carbocycles. The van der Waals surface area contributed by atoms with Crippen LogP contribution < -0.4 is 10.2 Å². The van der Waals surface area contributed by atoms with Crippen molar-refractivity contribution < 1.29 is 14.3 Å². The number of hydrogen-bond donors (Lipinski definition) is 1. The lowest BCUT2D eigenvalue weighted by molar-refractivity contribution is 0.0529. The molecule has 1 aromatic carbocycles. The van der Waals surface area contributed by atoms with Gasteiger partial charge in [0.2, 0.25) is 0 Å². The molecule has 0 atom stereocenters. The Morgan fingerprint density at radius 3 is 2.67 bits per heavy atom. The first kappa shape index (κ1) is 17.3. The molecule has 116 valence electrons. The van der Waals surface area contributed by atoms with E-state index in [9.17, 15) is 9.59 Å². The molecule has 5 nitrogen and oxygen atoms in total. The van der Waals surface area contributed by atoms with Gasteiger partial charge in [-0.3, -0.25) is 4.79 Å². The number of amides is 1. The normalized spacial score (nSPS) is 10.9. The Morgan fingerprint density at radius 1 is 1.43 bits per heavy atom. The molecule has 0 aromatic heterocycles. The van der Waals surface area contributed by atoms with E-state index < -0.39 is 11.7 Å². The summed E-state index contributed by atoms with van der Waals surface area (Å²) in [5, 5.41) is 3.08. The van der Waals surface area contributed by atoms with Crippen molar-refractivity contribution in [1.29, 1.82) is 0 Å². The minimum Gasteiger partial charge on any atom is -0.444 e. The number of carbonyl (C=O) groups is 2. The summed E-state index contributed by atoms with van der Waals surface area (Å²) >= 11 is 5.98. The van der Waals surface area contributed by atoms with Gasteiger partial charge in [0.1, 0.15) is 5.60 Å². The van der Waals surface area contributed by atoms with E-state index >= 15 is 0 Å². The summed E-state index contributed by atoms with van der Waals surface area (Å²) in [6.45, 7) is 6.35. The lowest BCUT2D eigenvalue weighted by atomic mass is 10.2. The summed E-state index contributed by atoms with van der Waals surface area (Å²) in [4.78, 5) is 24.5. The molecule has 0 radical (unpaired) electrons. The fourth-order valence-electron chi connectivity index (χ4n) is 1.74. The fourth-order valence-corrected chi connectivity index (χ4v) is 1.95. The molecule has 6 heteroatoms. The van der Waals surface area contributed by atoms with Crippen molar-refractivity contribution in [3.05, 3.63) is 28.8 Å². The van der Waals surface area contributed by atoms with Crippen molar-refractivity contribution >= 4 is 29.7 Å². The van der Waals surface area contributed by atoms with Crippen molar-refractivity contribution in [3.8, 4) is 0 Å². The molecule has 0 aliphatic rings. The first-order chi connectivity index (χ1) is 9.74. The number of likely N-dealkylation sites (N-methyl/N-ethyl adjacent to an activating group) is 1. The third-order valence-electron chi connectivity index (χ3n) is 2.67. The second-order valence-corrected chi connectivity index (χ2v) is 6.05. The van der Waals surface area contributed by atoms with Crippen LogP contribution in [0.15, 0.2) is 18.2 Å². The van der Waals surface area contributed by atoms with Crippen molar-refractivity contribution in [2.45, 2.75) is 26.4 Å². The van der Waals surface area contributed by atoms with Crippen LogP contribution in [-0.2, 0) is 4.74 Å². The number of benzene rings is 1. The number of nitrogens with one attached hydrogen (secondary N) is 1. The molecular weight excluding hydrogens is 292 g/mol. The van der Waals surface area contributed by atoms with E-state index in [-0.39, 0.29) is 0 Å². The fraction of sp³-hybridized carbons (Fsp3) is 0.467. The number of halogens is 1. The van der Waals surface area contributed by atoms with Gasteiger partial charge in [0.05, 0.1) is 10.6 Å². The van der Waals surface area contributed by atoms with Crippen LogP contribution in [-0.4, -0.2) is 38.1 Å². The average molecular weight is 313 g/mol. The van der Waals surface area contributed by atoms with Crippen LogP contribution in [0.1, 0.15) is 31.1 Å². The van der Waals surface area contributed by atoms with E-state index in [1.807, 2.05) is 18.0 Å². The molecule has 21 heavy (non-hydrogen) atoms. The zero-order chi connectivity index (χ0) is 16.0. The molecule has 0 bridgehead atoms. The molecule has 1 N–H and O–H groups in total. The van der Waals surface area contributed by atoms with E-state index in [1.165, 1.54) is 0 Å². The summed E-state index contributed by atoms with van der Waals surface area (Å²) in [5.41, 5.74) is 0.649. The Morgan fingerprint density at radius 2 is 2.10 bits per heavy atom. The summed E-state index contributed by atoms with van der Waals surface area (Å²) in [7, 11) is 1.83. The van der Waals surface area contributed by atoms with Crippen molar-refractivity contribution in [3.63, 3.8) is 0 Å². The van der Waals surface area contributed by atoms with Crippen LogP contribution >= 0.6 is 11.6 Å². The third kappa shape index (κ3) is 5.63. The number of nitrogens with zero attached hydrogens (tertiary/aromatic N) is 1. The van der Waals surface area contributed by atoms with Crippen LogP contribution in [0.4, 0.5) is 10.5 Å². The number of carbonyl (C=O) groups excluding carboxylic acids is 2. The molecule has 0 unspecified atom stereocenters. The number of hydrogen-bond acceptors (Lipinski definition) is 4. The Bertz CT molecular complexity index is 512. The topological polar surface area (TPSA) is 58.6 Å². The summed E-state index contributed by atoms with van der Waals surface area (Å²) in [6.07, 6.45) is 0.271. The first-order valence-corrected chi connectivity index (χ1v) is 7.04. The lowest BCUT2D eigenvalue weighted by Gasteiger charge is -2.23. The Kier molecular flexibility index (Phi) is 6.03. The first-order valence-electron chi connectivity index (χ1n) is 6.66. The molecule has 0 spiro atoms. The number of alkyl carbamates (subject to hydrolysis) is 1. The zero-order valence-corrected chi connectivity index (χ0v) is 13.5. The van der Waals surface area contributed by atoms with E-state index in [1.54, 1.807) is 32.9 Å². The molecule has 0 aliphatic heterocycles. The third-order valence-corrected chi connectivity index (χ3v) is 3.00. The van der Waals surface area contributed by atoms with Gasteiger partial charge in [-0.05, 0) is 32.9 Å². The highest BCUT2D eigenvalue weighted by atomic mass is 35.5. The predicted octanol–water partition coefficient (Wildman–Crippen LogP) is 3.11. The quantitative estimate of drug-likeness (QED) is 0.849. The summed E-state index contributed by atoms with van der Waals surface area (Å²) in [5.74, 6) is 0. The second-order valence-electron chi connectivity index (χ2n) is 5.64. The summed E-state index contributed by atoms with van der Waals surface area (Å²) in [6, 6.07) is 5.26. The number of anilines is 1. The van der Waals surface area contributed by atoms with Crippen LogP contribution in [0, 0.1) is 0 Å². The maximum atomic E-state index is 11.5. The van der Waals surface area contributed by atoms with E-state index in [4.69, 9.17) is 16.3 Å². The maximum Gasteiger partial charge on any atom is 0.407 e. The highest BCUT2D eigenvalue weighted by Gasteiger charge is 2.16. The zero-order valence-electron chi connectivity index (χ0n) is 12.8. The SMILES string of the molecule is CN(CCNC(=O)OC(C)(C)C)c1cccc(Cl)c1C=O. The molecule has 0 fully saturated rings. The minimum absolute atomic E-state index is 0.399. The Hall–Kier alpha value is -1.75. The number of aldehydes is 1. The van der Waals surface area contributed by atoms with Crippen molar-refractivity contribution in [2.24, 2.45) is 0 Å². The second kappa shape index (κ2) is 7.31. The molecule has 0 saturated heterocycles. The van der Waals surface area contributed by atoms with Crippen LogP contribution in [0.3, 0.4) is 0 Å². The van der Waals surface area contributed by atoms with Gasteiger partial charge >= 0.3 is 6.09 Å². The minimum atomic E-state index is -0.520. The van der Waals surface area contributed by atoms with Gasteiger partial charge in [-0.25, -0.2) is 4.79 Å². The highest BCUT2D eigenvalue weighted by molar-refractivity contribution is 6.33. The largest absolute Gasteiger partial charge is 0.444 e. The van der Waals surface area contributed by atoms with Gasteiger partial charge in [0, 0.05) is 25.8 Å². The van der Waals surface area contributed by atoms with Crippen LogP contribution in [0.2, 0.25) is 5.02 Å². The molecule has 1 aromatic rings. The molecular formula is C15H21ClN2O3. The van der Waals surface area contributed by atoms with Gasteiger partial charge in [-0.15, -0.1) is 0 Å². The maximum absolute atomic E-state index is 11.5. The van der Waals surface area contributed by atoms with E-state index in [0.717, 1.165) is 12.0 Å². The number of ether oxygens (including phenoxy) is 1. The smallest absolute Gasteiger partial charge is 0.407 e. The van der Waals surface area contributed by atoms with Crippen molar-refractivity contribution in [2.75, 3.05) is 25.0 Å². The van der Waals surface area contributed by atoms with Gasteiger partial charge in [-0.1, -0.05) is 17.7 Å². The van der Waals surface area contributed by atoms with Gasteiger partial charge in [-0.2, -0.15) is 0 Å². The molecule has 0 saturated carbocycles.